The fraction of sp³-hybridized carbons (Fsp3) is 0.900. The van der Waals surface area contributed by atoms with E-state index in [1.165, 1.54) is 6.26 Å². The molecule has 33 heavy (non-hydrogen) atoms. The van der Waals surface area contributed by atoms with Crippen LogP contribution < -0.4 is 0 Å². The molecule has 5 aliphatic rings. The number of epoxide rings is 1. The summed E-state index contributed by atoms with van der Waals surface area (Å²) in [5.74, 6) is -0.980. The lowest BCUT2D eigenvalue weighted by Gasteiger charge is -2.43. The standard InChI is InChI=1S/C20H30O13/c21-3-8-12(24)14(26)15(27)20(31-8)33-18-10-9(13(25)17-16(10)32-17)6(4-29-18)5-30-19-11(23)7(22)1-2-28-19/h4,7-27H,1-3,5H2. The highest BCUT2D eigenvalue weighted by Gasteiger charge is 2.67. The van der Waals surface area contributed by atoms with Gasteiger partial charge in [-0.25, -0.2) is 0 Å². The molecule has 14 unspecified atom stereocenters. The predicted octanol–water partition coefficient (Wildman–Crippen LogP) is -4.10. The molecule has 13 heteroatoms. The lowest BCUT2D eigenvalue weighted by molar-refractivity contribution is -0.343. The van der Waals surface area contributed by atoms with Gasteiger partial charge in [0.15, 0.2) is 12.6 Å². The monoisotopic (exact) mass is 478 g/mol. The highest BCUT2D eigenvalue weighted by Crippen LogP contribution is 2.54. The second kappa shape index (κ2) is 9.26. The molecule has 13 nitrogen and oxygen atoms in total. The molecule has 0 aromatic carbocycles. The first kappa shape index (κ1) is 23.8. The van der Waals surface area contributed by atoms with Crippen molar-refractivity contribution in [3.8, 4) is 0 Å². The number of hydrogen-bond donors (Lipinski definition) is 7. The first-order valence-corrected chi connectivity index (χ1v) is 11.0. The van der Waals surface area contributed by atoms with Gasteiger partial charge < -0.3 is 64.2 Å². The first-order valence-electron chi connectivity index (χ1n) is 11.0. The number of aliphatic hydroxyl groups excluding tert-OH is 7. The molecule has 0 amide bonds. The van der Waals surface area contributed by atoms with Crippen LogP contribution in [0.25, 0.3) is 0 Å². The van der Waals surface area contributed by atoms with Gasteiger partial charge in [0.25, 0.3) is 0 Å². The van der Waals surface area contributed by atoms with Crippen LogP contribution >= 0.6 is 0 Å². The van der Waals surface area contributed by atoms with Gasteiger partial charge >= 0.3 is 0 Å². The minimum absolute atomic E-state index is 0.0428. The molecule has 3 saturated heterocycles. The Hall–Kier alpha value is -0.940. The Balaban J connectivity index is 1.28. The number of fused-ring (bicyclic) bond motifs is 3. The highest BCUT2D eigenvalue weighted by molar-refractivity contribution is 5.23. The zero-order valence-corrected chi connectivity index (χ0v) is 17.6. The summed E-state index contributed by atoms with van der Waals surface area (Å²) >= 11 is 0. The van der Waals surface area contributed by atoms with Crippen molar-refractivity contribution in [2.45, 2.75) is 80.2 Å². The van der Waals surface area contributed by atoms with E-state index in [0.29, 0.717) is 12.0 Å². The third-order valence-corrected chi connectivity index (χ3v) is 7.06. The van der Waals surface area contributed by atoms with E-state index >= 15 is 0 Å². The van der Waals surface area contributed by atoms with Gasteiger partial charge in [0.1, 0.15) is 36.6 Å². The lowest BCUT2D eigenvalue weighted by Crippen LogP contribution is -2.60. The van der Waals surface area contributed by atoms with Crippen molar-refractivity contribution in [3.63, 3.8) is 0 Å². The number of aliphatic hydroxyl groups is 7. The molecule has 14 atom stereocenters. The van der Waals surface area contributed by atoms with Crippen LogP contribution in [0.3, 0.4) is 0 Å². The molecule has 0 aromatic rings. The van der Waals surface area contributed by atoms with Gasteiger partial charge in [-0.3, -0.25) is 0 Å². The van der Waals surface area contributed by atoms with E-state index < -0.39 is 86.1 Å². The molecule has 0 radical (unpaired) electrons. The van der Waals surface area contributed by atoms with Gasteiger partial charge in [0, 0.05) is 5.92 Å². The summed E-state index contributed by atoms with van der Waals surface area (Å²) in [7, 11) is 0. The van der Waals surface area contributed by atoms with Crippen molar-refractivity contribution in [3.05, 3.63) is 11.8 Å². The van der Waals surface area contributed by atoms with Crippen LogP contribution in [-0.2, 0) is 28.4 Å². The fourth-order valence-corrected chi connectivity index (χ4v) is 5.12. The zero-order valence-electron chi connectivity index (χ0n) is 17.6. The van der Waals surface area contributed by atoms with E-state index in [1.807, 2.05) is 0 Å². The third-order valence-electron chi connectivity index (χ3n) is 7.06. The number of rotatable bonds is 6. The van der Waals surface area contributed by atoms with Crippen molar-refractivity contribution >= 4 is 0 Å². The minimum Gasteiger partial charge on any atom is -0.472 e. The summed E-state index contributed by atoms with van der Waals surface area (Å²) in [6.45, 7) is -0.404. The maximum Gasteiger partial charge on any atom is 0.207 e. The van der Waals surface area contributed by atoms with Gasteiger partial charge in [-0.2, -0.15) is 0 Å². The van der Waals surface area contributed by atoms with E-state index in [1.54, 1.807) is 0 Å². The van der Waals surface area contributed by atoms with Crippen LogP contribution in [0.5, 0.6) is 0 Å². The quantitative estimate of drug-likeness (QED) is 0.182. The average Bonchev–Trinajstić information content (AvgIpc) is 3.55. The highest BCUT2D eigenvalue weighted by atomic mass is 16.8. The van der Waals surface area contributed by atoms with E-state index in [0.717, 1.165) is 0 Å². The van der Waals surface area contributed by atoms with Gasteiger partial charge in [-0.1, -0.05) is 0 Å². The predicted molar refractivity (Wildman–Crippen MR) is 102 cm³/mol. The van der Waals surface area contributed by atoms with Gasteiger partial charge in [-0.15, -0.1) is 0 Å². The molecule has 4 aliphatic heterocycles. The van der Waals surface area contributed by atoms with Crippen molar-refractivity contribution in [2.24, 2.45) is 11.8 Å². The van der Waals surface area contributed by atoms with Gasteiger partial charge in [0.05, 0.1) is 50.3 Å². The van der Waals surface area contributed by atoms with Crippen LogP contribution in [0.2, 0.25) is 0 Å². The van der Waals surface area contributed by atoms with Crippen LogP contribution in [0, 0.1) is 11.8 Å². The third kappa shape index (κ3) is 4.20. The van der Waals surface area contributed by atoms with E-state index in [4.69, 9.17) is 28.4 Å². The van der Waals surface area contributed by atoms with E-state index in [-0.39, 0.29) is 19.3 Å². The van der Waals surface area contributed by atoms with E-state index in [9.17, 15) is 35.7 Å². The normalized spacial score (nSPS) is 53.6. The maximum atomic E-state index is 10.7. The molecule has 7 N–H and O–H groups in total. The Morgan fingerprint density at radius 2 is 1.64 bits per heavy atom. The topological polar surface area (TPSA) is 200 Å². The van der Waals surface area contributed by atoms with Gasteiger partial charge in [-0.05, 0) is 12.0 Å². The molecule has 4 fully saturated rings. The van der Waals surface area contributed by atoms with Crippen LogP contribution in [0.1, 0.15) is 6.42 Å². The Morgan fingerprint density at radius 1 is 0.848 bits per heavy atom. The first-order chi connectivity index (χ1) is 15.8. The Morgan fingerprint density at radius 3 is 2.39 bits per heavy atom. The van der Waals surface area contributed by atoms with Crippen LogP contribution in [0.4, 0.5) is 0 Å². The Kier molecular flexibility index (Phi) is 6.67. The molecule has 4 heterocycles. The molecule has 1 aliphatic carbocycles. The number of hydrogen-bond acceptors (Lipinski definition) is 13. The molecular formula is C20H30O13. The van der Waals surface area contributed by atoms with E-state index in [2.05, 4.69) is 0 Å². The maximum absolute atomic E-state index is 10.7. The molecular weight excluding hydrogens is 448 g/mol. The smallest absolute Gasteiger partial charge is 0.207 e. The summed E-state index contributed by atoms with van der Waals surface area (Å²) in [4.78, 5) is 0. The summed E-state index contributed by atoms with van der Waals surface area (Å²) < 4.78 is 33.4. The number of ether oxygens (including phenoxy) is 6. The lowest BCUT2D eigenvalue weighted by atomic mass is 9.85. The largest absolute Gasteiger partial charge is 0.472 e. The van der Waals surface area contributed by atoms with Crippen molar-refractivity contribution in [1.29, 1.82) is 0 Å². The SMILES string of the molecule is OCC1OC(OC2OC=C(COC3OCCC(O)C3O)C3C(O)C4OC4C23)C(O)C(O)C1O. The summed E-state index contributed by atoms with van der Waals surface area (Å²) in [5, 5.41) is 70.2. The van der Waals surface area contributed by atoms with Crippen molar-refractivity contribution in [1.82, 2.24) is 0 Å². The average molecular weight is 478 g/mol. The minimum atomic E-state index is -1.60. The molecule has 0 aromatic heterocycles. The fourth-order valence-electron chi connectivity index (χ4n) is 5.12. The summed E-state index contributed by atoms with van der Waals surface area (Å²) in [5.41, 5.74) is 0.577. The van der Waals surface area contributed by atoms with Crippen LogP contribution in [0.15, 0.2) is 11.8 Å². The van der Waals surface area contributed by atoms with Crippen molar-refractivity contribution in [2.75, 3.05) is 19.8 Å². The molecule has 5 rings (SSSR count). The van der Waals surface area contributed by atoms with Crippen LogP contribution in [-0.4, -0.2) is 129 Å². The van der Waals surface area contributed by atoms with Crippen molar-refractivity contribution < 1.29 is 64.2 Å². The molecule has 1 saturated carbocycles. The zero-order chi connectivity index (χ0) is 23.4. The summed E-state index contributed by atoms with van der Waals surface area (Å²) in [6.07, 6.45) is -11.5. The Labute approximate surface area is 188 Å². The molecule has 188 valence electrons. The van der Waals surface area contributed by atoms with Gasteiger partial charge in [0.2, 0.25) is 6.29 Å². The second-order valence-electron chi connectivity index (χ2n) is 9.09. The molecule has 0 spiro atoms. The molecule has 0 bridgehead atoms. The Bertz CT molecular complexity index is 733. The second-order valence-corrected chi connectivity index (χ2v) is 9.09. The summed E-state index contributed by atoms with van der Waals surface area (Å²) in [6, 6.07) is 0.